The summed E-state index contributed by atoms with van der Waals surface area (Å²) in [6, 6.07) is 0. The van der Waals surface area contributed by atoms with Gasteiger partial charge in [-0.05, 0) is 160 Å². The average Bonchev–Trinajstić information content (AvgIpc) is 3.44. The molecule has 0 aromatic carbocycles. The molecule has 0 radical (unpaired) electrons. The molecule has 14 atom stereocenters. The van der Waals surface area contributed by atoms with E-state index in [2.05, 4.69) is 39.8 Å². The zero-order valence-corrected chi connectivity index (χ0v) is 27.0. The van der Waals surface area contributed by atoms with E-state index in [4.69, 9.17) is 0 Å². The minimum absolute atomic E-state index is 0.0682. The molecule has 0 amide bonds. The Balaban J connectivity index is 0.000000137. The molecular weight excluding hydrogens is 520 g/mol. The number of hydrogen-bond donors (Lipinski definition) is 4. The second kappa shape index (κ2) is 10.4. The van der Waals surface area contributed by atoms with Gasteiger partial charge in [0, 0.05) is 0 Å². The van der Waals surface area contributed by atoms with Crippen molar-refractivity contribution in [2.75, 3.05) is 0 Å². The Labute approximate surface area is 255 Å². The molecule has 4 nitrogen and oxygen atoms in total. The van der Waals surface area contributed by atoms with Gasteiger partial charge in [0.1, 0.15) is 0 Å². The summed E-state index contributed by atoms with van der Waals surface area (Å²) in [6.45, 7) is 9.64. The van der Waals surface area contributed by atoms with Crippen molar-refractivity contribution < 1.29 is 20.4 Å². The molecule has 0 aliphatic heterocycles. The maximum absolute atomic E-state index is 10.5. The minimum Gasteiger partial charge on any atom is -0.393 e. The van der Waals surface area contributed by atoms with Crippen molar-refractivity contribution in [1.29, 1.82) is 0 Å². The number of rotatable bonds is 0. The van der Waals surface area contributed by atoms with Gasteiger partial charge in [-0.2, -0.15) is 0 Å². The zero-order chi connectivity index (χ0) is 29.7. The number of aliphatic hydroxyl groups excluding tert-OH is 4. The Kier molecular flexibility index (Phi) is 7.45. The van der Waals surface area contributed by atoms with Gasteiger partial charge in [0.05, 0.1) is 24.4 Å². The molecule has 0 heterocycles. The van der Waals surface area contributed by atoms with Crippen molar-refractivity contribution in [2.45, 2.75) is 155 Å². The Morgan fingerprint density at radius 2 is 0.881 bits per heavy atom. The van der Waals surface area contributed by atoms with Crippen LogP contribution in [0.15, 0.2) is 23.3 Å². The van der Waals surface area contributed by atoms with Crippen LogP contribution >= 0.6 is 0 Å². The number of allylic oxidation sites excluding steroid dienone is 2. The van der Waals surface area contributed by atoms with Crippen molar-refractivity contribution in [3.05, 3.63) is 23.3 Å². The first-order valence-corrected chi connectivity index (χ1v) is 18.0. The van der Waals surface area contributed by atoms with Crippen LogP contribution in [0.1, 0.15) is 130 Å². The molecule has 8 rings (SSSR count). The smallest absolute Gasteiger partial charge is 0.0724 e. The molecule has 0 aromatic rings. The van der Waals surface area contributed by atoms with Crippen LogP contribution in [0, 0.1) is 57.2 Å². The van der Waals surface area contributed by atoms with Crippen LogP contribution in [0.4, 0.5) is 0 Å². The highest BCUT2D eigenvalue weighted by atomic mass is 16.3. The van der Waals surface area contributed by atoms with Crippen LogP contribution < -0.4 is 0 Å². The maximum atomic E-state index is 10.5. The summed E-state index contributed by atoms with van der Waals surface area (Å²) in [5.41, 5.74) is 4.13. The number of fused-ring (bicyclic) bond motifs is 10. The van der Waals surface area contributed by atoms with Crippen LogP contribution in [0.25, 0.3) is 0 Å². The molecule has 8 aliphatic carbocycles. The van der Waals surface area contributed by atoms with Gasteiger partial charge in [-0.1, -0.05) is 51.0 Å². The highest BCUT2D eigenvalue weighted by molar-refractivity contribution is 5.26. The van der Waals surface area contributed by atoms with Crippen LogP contribution in [0.2, 0.25) is 0 Å². The lowest BCUT2D eigenvalue weighted by Crippen LogP contribution is -2.51. The first-order chi connectivity index (χ1) is 19.9. The van der Waals surface area contributed by atoms with E-state index in [1.807, 2.05) is 0 Å². The van der Waals surface area contributed by atoms with Crippen molar-refractivity contribution in [2.24, 2.45) is 57.2 Å². The van der Waals surface area contributed by atoms with E-state index < -0.39 is 0 Å². The Morgan fingerprint density at radius 1 is 0.476 bits per heavy atom. The highest BCUT2D eigenvalue weighted by Crippen LogP contribution is 2.67. The van der Waals surface area contributed by atoms with Gasteiger partial charge >= 0.3 is 0 Å². The highest BCUT2D eigenvalue weighted by Gasteiger charge is 2.60. The van der Waals surface area contributed by atoms with Gasteiger partial charge in [0.15, 0.2) is 0 Å². The van der Waals surface area contributed by atoms with Gasteiger partial charge in [0.25, 0.3) is 0 Å². The molecule has 0 spiro atoms. The van der Waals surface area contributed by atoms with E-state index in [-0.39, 0.29) is 35.2 Å². The first-order valence-electron chi connectivity index (χ1n) is 18.0. The van der Waals surface area contributed by atoms with Crippen molar-refractivity contribution in [1.82, 2.24) is 0 Å². The SMILES string of the molecule is C[C@]12CCC(O)C=C1CC[C@@H]1[C@@H]2CC[C@]2(C)C(O)CC[C@@H]12.C[C@]12CC[C@H]3[C@@H](CCC4=C[C@@H](O)CC[C@@]43C)[C@@H]1CC[C@@H]2O. The predicted octanol–water partition coefficient (Wildman–Crippen LogP) is 7.34. The van der Waals surface area contributed by atoms with E-state index in [9.17, 15) is 20.4 Å². The van der Waals surface area contributed by atoms with Crippen LogP contribution in [-0.4, -0.2) is 44.8 Å². The quantitative estimate of drug-likeness (QED) is 0.226. The molecule has 4 N–H and O–H groups in total. The number of aliphatic hydroxyl groups is 4. The van der Waals surface area contributed by atoms with Gasteiger partial charge in [0.2, 0.25) is 0 Å². The fourth-order valence-corrected chi connectivity index (χ4v) is 13.4. The van der Waals surface area contributed by atoms with Crippen LogP contribution in [-0.2, 0) is 0 Å². The lowest BCUT2D eigenvalue weighted by Gasteiger charge is -2.58. The summed E-state index contributed by atoms with van der Waals surface area (Å²) in [4.78, 5) is 0. The molecule has 42 heavy (non-hydrogen) atoms. The Morgan fingerprint density at radius 3 is 1.29 bits per heavy atom. The molecule has 2 unspecified atom stereocenters. The normalized spacial score (nSPS) is 56.2. The fourth-order valence-electron chi connectivity index (χ4n) is 13.4. The molecular formula is C38H60O4. The molecule has 8 aliphatic rings. The summed E-state index contributed by atoms with van der Waals surface area (Å²) < 4.78 is 0. The third-order valence-corrected chi connectivity index (χ3v) is 16.1. The topological polar surface area (TPSA) is 80.9 Å². The predicted molar refractivity (Wildman–Crippen MR) is 167 cm³/mol. The van der Waals surface area contributed by atoms with Crippen LogP contribution in [0.5, 0.6) is 0 Å². The molecule has 0 aromatic heterocycles. The lowest BCUT2D eigenvalue weighted by atomic mass is 9.47. The van der Waals surface area contributed by atoms with Crippen molar-refractivity contribution in [3.63, 3.8) is 0 Å². The average molecular weight is 581 g/mol. The van der Waals surface area contributed by atoms with Crippen molar-refractivity contribution in [3.8, 4) is 0 Å². The molecule has 0 saturated heterocycles. The van der Waals surface area contributed by atoms with Crippen LogP contribution in [0.3, 0.4) is 0 Å². The molecule has 6 fully saturated rings. The number of hydrogen-bond acceptors (Lipinski definition) is 4. The molecule has 4 heteroatoms. The summed E-state index contributed by atoms with van der Waals surface area (Å²) >= 11 is 0. The summed E-state index contributed by atoms with van der Waals surface area (Å²) in [5.74, 6) is 4.64. The zero-order valence-electron chi connectivity index (χ0n) is 27.0. The molecule has 0 bridgehead atoms. The standard InChI is InChI=1S/2C19H30O2/c2*1-18-9-7-13(20)11-12(18)3-4-14-15-5-6-17(21)19(15,2)10-8-16(14)18/h2*11,13-17,20-21H,3-10H2,1-2H3/t13?,14-,15-,16-,17?,18-,19-;13-,14-,15-,16-,17-,18-,19-/m00/s1. The third kappa shape index (κ3) is 4.34. The summed E-state index contributed by atoms with van der Waals surface area (Å²) in [7, 11) is 0. The van der Waals surface area contributed by atoms with E-state index in [1.165, 1.54) is 64.2 Å². The Hall–Kier alpha value is -0.680. The fraction of sp³-hybridized carbons (Fsp3) is 0.895. The Bertz CT molecular complexity index is 1030. The van der Waals surface area contributed by atoms with E-state index >= 15 is 0 Å². The molecule has 6 saturated carbocycles. The maximum Gasteiger partial charge on any atom is 0.0724 e. The first kappa shape index (κ1) is 30.0. The lowest BCUT2D eigenvalue weighted by molar-refractivity contribution is -0.0761. The second-order valence-electron chi connectivity index (χ2n) is 17.5. The van der Waals surface area contributed by atoms with Crippen molar-refractivity contribution >= 4 is 0 Å². The van der Waals surface area contributed by atoms with E-state index in [1.54, 1.807) is 11.1 Å². The van der Waals surface area contributed by atoms with Gasteiger partial charge in [-0.25, -0.2) is 0 Å². The van der Waals surface area contributed by atoms with Gasteiger partial charge in [-0.3, -0.25) is 0 Å². The third-order valence-electron chi connectivity index (χ3n) is 16.1. The second-order valence-corrected chi connectivity index (χ2v) is 17.5. The minimum atomic E-state index is -0.202. The summed E-state index contributed by atoms with van der Waals surface area (Å²) in [6.07, 6.45) is 22.4. The summed E-state index contributed by atoms with van der Waals surface area (Å²) in [5, 5.41) is 40.9. The van der Waals surface area contributed by atoms with Gasteiger partial charge < -0.3 is 20.4 Å². The molecule has 236 valence electrons. The van der Waals surface area contributed by atoms with E-state index in [0.29, 0.717) is 10.8 Å². The van der Waals surface area contributed by atoms with E-state index in [0.717, 1.165) is 74.0 Å². The largest absolute Gasteiger partial charge is 0.393 e. The monoisotopic (exact) mass is 580 g/mol. The van der Waals surface area contributed by atoms with Gasteiger partial charge in [-0.15, -0.1) is 0 Å².